The van der Waals surface area contributed by atoms with E-state index in [1.807, 2.05) is 24.3 Å². The maximum atomic E-state index is 12.2. The van der Waals surface area contributed by atoms with Gasteiger partial charge in [-0.3, -0.25) is 14.7 Å². The average Bonchev–Trinajstić information content (AvgIpc) is 2.80. The molecule has 0 atom stereocenters. The number of carbonyl (C=O) groups is 3. The zero-order valence-corrected chi connectivity index (χ0v) is 18.4. The number of aromatic carboxylic acids is 1. The number of aromatic nitrogens is 1. The number of hydrogen-bond donors (Lipinski definition) is 3. The first-order chi connectivity index (χ1) is 16.0. The SMILES string of the molecule is CCN1CCN(Cc2ccc(NC(=O)c3ccc(C(=O)O)cn3)cc2)CC1.O=C(O)C(F)(F)F. The first-order valence-corrected chi connectivity index (χ1v) is 10.3. The van der Waals surface area contributed by atoms with E-state index < -0.39 is 18.1 Å². The fraction of sp³-hybridized carbons (Fsp3) is 0.364. The number of anilines is 1. The predicted octanol–water partition coefficient (Wildman–Crippen LogP) is 2.80. The van der Waals surface area contributed by atoms with Crippen LogP contribution < -0.4 is 5.32 Å². The van der Waals surface area contributed by atoms with Crippen LogP contribution in [0, 0.1) is 0 Å². The molecule has 0 radical (unpaired) electrons. The summed E-state index contributed by atoms with van der Waals surface area (Å²) in [7, 11) is 0. The van der Waals surface area contributed by atoms with Gasteiger partial charge in [-0.15, -0.1) is 0 Å². The standard InChI is InChI=1S/C20H24N4O3.C2HF3O2/c1-2-23-9-11-24(12-10-23)14-15-3-6-17(7-4-15)22-19(25)18-8-5-16(13-21-18)20(26)27;3-2(4,5)1(6)7/h3-8,13H,2,9-12,14H2,1H3,(H,22,25)(H,26,27);(H,6,7). The third-order valence-corrected chi connectivity index (χ3v) is 5.02. The van der Waals surface area contributed by atoms with Crippen LogP contribution in [0.15, 0.2) is 42.6 Å². The number of nitrogens with one attached hydrogen (secondary N) is 1. The summed E-state index contributed by atoms with van der Waals surface area (Å²) in [5.74, 6) is -4.19. The smallest absolute Gasteiger partial charge is 0.478 e. The Morgan fingerprint density at radius 3 is 1.97 bits per heavy atom. The molecule has 184 valence electrons. The van der Waals surface area contributed by atoms with Gasteiger partial charge in [-0.2, -0.15) is 13.2 Å². The van der Waals surface area contributed by atoms with Crippen LogP contribution in [-0.4, -0.2) is 81.7 Å². The molecule has 9 nitrogen and oxygen atoms in total. The number of halogens is 3. The van der Waals surface area contributed by atoms with E-state index in [1.165, 1.54) is 23.9 Å². The number of rotatable bonds is 6. The number of carboxylic acid groups (broad SMARTS) is 2. The molecule has 2 heterocycles. The van der Waals surface area contributed by atoms with Gasteiger partial charge in [0.15, 0.2) is 0 Å². The molecule has 1 aliphatic rings. The zero-order chi connectivity index (χ0) is 25.3. The summed E-state index contributed by atoms with van der Waals surface area (Å²) in [5.41, 5.74) is 2.12. The second-order valence-corrected chi connectivity index (χ2v) is 7.40. The number of amides is 1. The third kappa shape index (κ3) is 8.45. The van der Waals surface area contributed by atoms with Crippen molar-refractivity contribution < 1.29 is 37.8 Å². The fourth-order valence-electron chi connectivity index (χ4n) is 3.07. The van der Waals surface area contributed by atoms with Crippen molar-refractivity contribution in [3.05, 3.63) is 59.4 Å². The van der Waals surface area contributed by atoms with Crippen molar-refractivity contribution in [3.63, 3.8) is 0 Å². The second-order valence-electron chi connectivity index (χ2n) is 7.40. The molecule has 12 heteroatoms. The van der Waals surface area contributed by atoms with Crippen molar-refractivity contribution in [3.8, 4) is 0 Å². The van der Waals surface area contributed by atoms with E-state index >= 15 is 0 Å². The number of benzene rings is 1. The maximum absolute atomic E-state index is 12.2. The Balaban J connectivity index is 0.000000509. The van der Waals surface area contributed by atoms with Crippen LogP contribution in [0.2, 0.25) is 0 Å². The molecule has 3 N–H and O–H groups in total. The highest BCUT2D eigenvalue weighted by molar-refractivity contribution is 6.03. The number of alkyl halides is 3. The highest BCUT2D eigenvalue weighted by Crippen LogP contribution is 2.14. The Morgan fingerprint density at radius 1 is 0.971 bits per heavy atom. The molecule has 1 fully saturated rings. The molecule has 0 bridgehead atoms. The van der Waals surface area contributed by atoms with Gasteiger partial charge in [-0.1, -0.05) is 19.1 Å². The van der Waals surface area contributed by atoms with Crippen LogP contribution in [0.25, 0.3) is 0 Å². The third-order valence-electron chi connectivity index (χ3n) is 5.02. The highest BCUT2D eigenvalue weighted by atomic mass is 19.4. The summed E-state index contributed by atoms with van der Waals surface area (Å²) >= 11 is 0. The lowest BCUT2D eigenvalue weighted by molar-refractivity contribution is -0.192. The Kier molecular flexibility index (Phi) is 9.51. The van der Waals surface area contributed by atoms with Gasteiger partial charge in [0, 0.05) is 44.6 Å². The van der Waals surface area contributed by atoms with Gasteiger partial charge in [-0.05, 0) is 36.4 Å². The summed E-state index contributed by atoms with van der Waals surface area (Å²) in [5, 5.41) is 18.8. The number of carbonyl (C=O) groups excluding carboxylic acids is 1. The van der Waals surface area contributed by atoms with E-state index in [1.54, 1.807) is 0 Å². The average molecular weight is 482 g/mol. The number of aliphatic carboxylic acids is 1. The quantitative estimate of drug-likeness (QED) is 0.575. The van der Waals surface area contributed by atoms with E-state index in [0.717, 1.165) is 39.3 Å². The van der Waals surface area contributed by atoms with Crippen molar-refractivity contribution >= 4 is 23.5 Å². The van der Waals surface area contributed by atoms with Gasteiger partial charge in [0.05, 0.1) is 5.56 Å². The Hall–Kier alpha value is -3.51. The monoisotopic (exact) mass is 482 g/mol. The molecule has 0 spiro atoms. The minimum Gasteiger partial charge on any atom is -0.478 e. The summed E-state index contributed by atoms with van der Waals surface area (Å²) < 4.78 is 31.7. The van der Waals surface area contributed by atoms with Crippen LogP contribution in [-0.2, 0) is 11.3 Å². The van der Waals surface area contributed by atoms with Crippen molar-refractivity contribution in [1.29, 1.82) is 0 Å². The van der Waals surface area contributed by atoms with Gasteiger partial charge in [0.2, 0.25) is 0 Å². The molecular weight excluding hydrogens is 457 g/mol. The molecule has 1 aliphatic heterocycles. The number of carboxylic acids is 2. The molecule has 34 heavy (non-hydrogen) atoms. The lowest BCUT2D eigenvalue weighted by Crippen LogP contribution is -2.45. The van der Waals surface area contributed by atoms with E-state index in [0.29, 0.717) is 5.69 Å². The predicted molar refractivity (Wildman–Crippen MR) is 117 cm³/mol. The number of nitrogens with zero attached hydrogens (tertiary/aromatic N) is 3. The molecular formula is C22H25F3N4O5. The van der Waals surface area contributed by atoms with Crippen molar-refractivity contribution in [1.82, 2.24) is 14.8 Å². The fourth-order valence-corrected chi connectivity index (χ4v) is 3.07. The largest absolute Gasteiger partial charge is 0.490 e. The minimum atomic E-state index is -5.08. The molecule has 0 unspecified atom stereocenters. The van der Waals surface area contributed by atoms with Crippen molar-refractivity contribution in [2.45, 2.75) is 19.6 Å². The number of piperazine rings is 1. The van der Waals surface area contributed by atoms with E-state index in [-0.39, 0.29) is 17.2 Å². The molecule has 2 aromatic rings. The Bertz CT molecular complexity index is 974. The molecule has 1 saturated heterocycles. The molecule has 1 amide bonds. The Labute approximate surface area is 193 Å². The van der Waals surface area contributed by atoms with Gasteiger partial charge in [0.25, 0.3) is 5.91 Å². The van der Waals surface area contributed by atoms with Crippen LogP contribution in [0.1, 0.15) is 33.3 Å². The number of likely N-dealkylation sites (N-methyl/N-ethyl adjacent to an activating group) is 1. The molecule has 1 aromatic carbocycles. The molecule has 3 rings (SSSR count). The van der Waals surface area contributed by atoms with E-state index in [9.17, 15) is 22.8 Å². The summed E-state index contributed by atoms with van der Waals surface area (Å²) in [6.45, 7) is 8.57. The van der Waals surface area contributed by atoms with Gasteiger partial charge in [-0.25, -0.2) is 9.59 Å². The lowest BCUT2D eigenvalue weighted by Gasteiger charge is -2.34. The highest BCUT2D eigenvalue weighted by Gasteiger charge is 2.38. The van der Waals surface area contributed by atoms with Crippen LogP contribution >= 0.6 is 0 Å². The molecule has 0 aliphatic carbocycles. The van der Waals surface area contributed by atoms with Gasteiger partial charge in [0.1, 0.15) is 5.69 Å². The number of hydrogen-bond acceptors (Lipinski definition) is 6. The minimum absolute atomic E-state index is 0.0515. The van der Waals surface area contributed by atoms with Gasteiger partial charge < -0.3 is 20.4 Å². The Morgan fingerprint density at radius 2 is 1.53 bits per heavy atom. The van der Waals surface area contributed by atoms with Crippen LogP contribution in [0.5, 0.6) is 0 Å². The number of pyridine rings is 1. The van der Waals surface area contributed by atoms with Gasteiger partial charge >= 0.3 is 18.1 Å². The van der Waals surface area contributed by atoms with Crippen LogP contribution in [0.3, 0.4) is 0 Å². The molecule has 0 saturated carbocycles. The lowest BCUT2D eigenvalue weighted by atomic mass is 10.1. The first-order valence-electron chi connectivity index (χ1n) is 10.3. The maximum Gasteiger partial charge on any atom is 0.490 e. The summed E-state index contributed by atoms with van der Waals surface area (Å²) in [4.78, 5) is 40.7. The topological polar surface area (TPSA) is 123 Å². The normalized spacial score (nSPS) is 14.6. The van der Waals surface area contributed by atoms with E-state index in [2.05, 4.69) is 27.0 Å². The van der Waals surface area contributed by atoms with E-state index in [4.69, 9.17) is 15.0 Å². The van der Waals surface area contributed by atoms with Crippen molar-refractivity contribution in [2.75, 3.05) is 38.0 Å². The zero-order valence-electron chi connectivity index (χ0n) is 18.4. The summed E-state index contributed by atoms with van der Waals surface area (Å²) in [6, 6.07) is 10.6. The van der Waals surface area contributed by atoms with Crippen molar-refractivity contribution in [2.24, 2.45) is 0 Å². The first kappa shape index (κ1) is 26.7. The summed E-state index contributed by atoms with van der Waals surface area (Å²) in [6.07, 6.45) is -3.90. The van der Waals surface area contributed by atoms with Crippen LogP contribution in [0.4, 0.5) is 18.9 Å². The second kappa shape index (κ2) is 12.1. The molecule has 1 aromatic heterocycles.